The molecule has 5 rings (SSSR count). The second-order valence-corrected chi connectivity index (χ2v) is 11.9. The van der Waals surface area contributed by atoms with Gasteiger partial charge in [-0.15, -0.1) is 11.3 Å². The van der Waals surface area contributed by atoms with Crippen molar-refractivity contribution in [2.24, 2.45) is 0 Å². The van der Waals surface area contributed by atoms with Crippen molar-refractivity contribution in [3.63, 3.8) is 0 Å². The molecular weight excluding hydrogens is 472 g/mol. The van der Waals surface area contributed by atoms with Gasteiger partial charge in [0.05, 0.1) is 9.77 Å². The summed E-state index contributed by atoms with van der Waals surface area (Å²) in [5, 5.41) is 4.40. The van der Waals surface area contributed by atoms with Crippen LogP contribution in [0.4, 0.5) is 5.69 Å². The maximum Gasteiger partial charge on any atom is 0.267 e. The lowest BCUT2D eigenvalue weighted by Crippen LogP contribution is -2.36. The number of sulfonamides is 1. The second kappa shape index (κ2) is 9.09. The van der Waals surface area contributed by atoms with Gasteiger partial charge in [0.1, 0.15) is 12.2 Å². The summed E-state index contributed by atoms with van der Waals surface area (Å²) in [6.45, 7) is 3.37. The Morgan fingerprint density at radius 2 is 1.82 bits per heavy atom. The van der Waals surface area contributed by atoms with Crippen molar-refractivity contribution >= 4 is 33.0 Å². The zero-order chi connectivity index (χ0) is 23.9. The van der Waals surface area contributed by atoms with Gasteiger partial charge in [-0.3, -0.25) is 9.59 Å². The number of rotatable bonds is 5. The molecule has 34 heavy (non-hydrogen) atoms. The Morgan fingerprint density at radius 3 is 2.56 bits per heavy atom. The summed E-state index contributed by atoms with van der Waals surface area (Å²) in [6, 6.07) is 12.0. The summed E-state index contributed by atoms with van der Waals surface area (Å²) in [5.74, 6) is -0.250. The standard InChI is InChI=1S/C24H26N4O4S2/c1-17-5-9-22(33-17)20-7-10-23(29)28(25-20)16-24(30)27-14-11-18-15-19(6-8-21(18)27)34(31,32)26-12-3-2-4-13-26/h5-10,15H,2-4,11-14,16H2,1H3. The van der Waals surface area contributed by atoms with Gasteiger partial charge in [-0.05, 0) is 68.1 Å². The van der Waals surface area contributed by atoms with E-state index >= 15 is 0 Å². The lowest BCUT2D eigenvalue weighted by atomic mass is 10.2. The third-order valence-corrected chi connectivity index (χ3v) is 9.26. The largest absolute Gasteiger partial charge is 0.310 e. The van der Waals surface area contributed by atoms with Crippen molar-refractivity contribution in [3.05, 3.63) is 63.3 Å². The van der Waals surface area contributed by atoms with E-state index in [1.165, 1.54) is 10.7 Å². The highest BCUT2D eigenvalue weighted by Crippen LogP contribution is 2.32. The molecule has 0 atom stereocenters. The Kier molecular flexibility index (Phi) is 6.13. The lowest BCUT2D eigenvalue weighted by molar-refractivity contribution is -0.119. The van der Waals surface area contributed by atoms with Crippen molar-refractivity contribution < 1.29 is 13.2 Å². The minimum absolute atomic E-state index is 0.176. The predicted molar refractivity (Wildman–Crippen MR) is 132 cm³/mol. The number of hydrogen-bond acceptors (Lipinski definition) is 6. The minimum Gasteiger partial charge on any atom is -0.310 e. The van der Waals surface area contributed by atoms with Gasteiger partial charge in [0, 0.05) is 36.3 Å². The first kappa shape index (κ1) is 22.9. The van der Waals surface area contributed by atoms with E-state index in [1.54, 1.807) is 44.8 Å². The van der Waals surface area contributed by atoms with Gasteiger partial charge in [0.2, 0.25) is 15.9 Å². The van der Waals surface area contributed by atoms with Crippen LogP contribution in [0, 0.1) is 6.92 Å². The topological polar surface area (TPSA) is 92.6 Å². The first-order chi connectivity index (χ1) is 16.3. The number of anilines is 1. The summed E-state index contributed by atoms with van der Waals surface area (Å²) in [5.41, 5.74) is 1.84. The molecule has 0 aliphatic carbocycles. The Hall–Kier alpha value is -2.82. The highest BCUT2D eigenvalue weighted by atomic mass is 32.2. The van der Waals surface area contributed by atoms with E-state index in [1.807, 2.05) is 19.1 Å². The maximum absolute atomic E-state index is 13.1. The van der Waals surface area contributed by atoms with Gasteiger partial charge >= 0.3 is 0 Å². The number of aryl methyl sites for hydroxylation is 1. The quantitative estimate of drug-likeness (QED) is 0.539. The third-order valence-electron chi connectivity index (χ3n) is 6.34. The van der Waals surface area contributed by atoms with Gasteiger partial charge < -0.3 is 4.90 Å². The van der Waals surface area contributed by atoms with Crippen LogP contribution in [0.3, 0.4) is 0 Å². The molecule has 2 aliphatic heterocycles. The number of amides is 1. The molecule has 1 fully saturated rings. The number of hydrogen-bond donors (Lipinski definition) is 0. The van der Waals surface area contributed by atoms with Gasteiger partial charge in [-0.1, -0.05) is 6.42 Å². The smallest absolute Gasteiger partial charge is 0.267 e. The molecule has 2 aliphatic rings. The van der Waals surface area contributed by atoms with E-state index in [-0.39, 0.29) is 22.9 Å². The molecule has 0 radical (unpaired) electrons. The van der Waals surface area contributed by atoms with E-state index in [9.17, 15) is 18.0 Å². The van der Waals surface area contributed by atoms with Gasteiger partial charge in [-0.2, -0.15) is 9.40 Å². The summed E-state index contributed by atoms with van der Waals surface area (Å²) >= 11 is 1.58. The molecule has 1 saturated heterocycles. The zero-order valence-corrected chi connectivity index (χ0v) is 20.6. The van der Waals surface area contributed by atoms with Gasteiger partial charge in [-0.25, -0.2) is 13.1 Å². The first-order valence-electron chi connectivity index (χ1n) is 11.4. The molecule has 0 bridgehead atoms. The number of nitrogens with zero attached hydrogens (tertiary/aromatic N) is 4. The molecule has 3 aromatic rings. The van der Waals surface area contributed by atoms with E-state index < -0.39 is 10.0 Å². The number of carbonyl (C=O) groups is 1. The van der Waals surface area contributed by atoms with Crippen molar-refractivity contribution in [2.45, 2.75) is 44.0 Å². The van der Waals surface area contributed by atoms with Crippen LogP contribution in [0.5, 0.6) is 0 Å². The molecule has 4 heterocycles. The molecule has 0 saturated carbocycles. The number of benzene rings is 1. The summed E-state index contributed by atoms with van der Waals surface area (Å²) in [7, 11) is -3.53. The predicted octanol–water partition coefficient (Wildman–Crippen LogP) is 3.04. The average molecular weight is 499 g/mol. The fourth-order valence-corrected chi connectivity index (χ4v) is 6.93. The number of carbonyl (C=O) groups excluding carboxylic acids is 1. The van der Waals surface area contributed by atoms with Crippen LogP contribution < -0.4 is 10.5 Å². The Morgan fingerprint density at radius 1 is 1.03 bits per heavy atom. The summed E-state index contributed by atoms with van der Waals surface area (Å²) in [6.07, 6.45) is 3.39. The van der Waals surface area contributed by atoms with Crippen LogP contribution in [0.15, 0.2) is 52.2 Å². The highest BCUT2D eigenvalue weighted by Gasteiger charge is 2.30. The van der Waals surface area contributed by atoms with Crippen LogP contribution in [0.2, 0.25) is 0 Å². The van der Waals surface area contributed by atoms with Crippen molar-refractivity contribution in [1.82, 2.24) is 14.1 Å². The van der Waals surface area contributed by atoms with E-state index in [2.05, 4.69) is 5.10 Å². The number of thiophene rings is 1. The summed E-state index contributed by atoms with van der Waals surface area (Å²) < 4.78 is 28.8. The van der Waals surface area contributed by atoms with E-state index in [0.717, 1.165) is 34.6 Å². The minimum atomic E-state index is -3.53. The number of fused-ring (bicyclic) bond motifs is 1. The molecule has 10 heteroatoms. The highest BCUT2D eigenvalue weighted by molar-refractivity contribution is 7.89. The molecule has 1 aromatic carbocycles. The van der Waals surface area contributed by atoms with E-state index in [0.29, 0.717) is 37.4 Å². The van der Waals surface area contributed by atoms with Crippen molar-refractivity contribution in [3.8, 4) is 10.6 Å². The van der Waals surface area contributed by atoms with Crippen LogP contribution >= 0.6 is 11.3 Å². The maximum atomic E-state index is 13.1. The SMILES string of the molecule is Cc1ccc(-c2ccc(=O)n(CC(=O)N3CCc4cc(S(=O)(=O)N5CCCCC5)ccc43)n2)s1. The van der Waals surface area contributed by atoms with Gasteiger partial charge in [0.15, 0.2) is 0 Å². The zero-order valence-electron chi connectivity index (χ0n) is 18.9. The first-order valence-corrected chi connectivity index (χ1v) is 13.7. The third kappa shape index (κ3) is 4.33. The average Bonchev–Trinajstić information content (AvgIpc) is 3.47. The molecule has 0 spiro atoms. The Labute approximate surface area is 202 Å². The number of aromatic nitrogens is 2. The van der Waals surface area contributed by atoms with Crippen LogP contribution in [-0.4, -0.2) is 48.0 Å². The van der Waals surface area contributed by atoms with Crippen LogP contribution in [0.25, 0.3) is 10.6 Å². The molecule has 8 nitrogen and oxygen atoms in total. The Bertz CT molecular complexity index is 1400. The van der Waals surface area contributed by atoms with Crippen LogP contribution in [0.1, 0.15) is 29.7 Å². The van der Waals surface area contributed by atoms with Crippen LogP contribution in [-0.2, 0) is 27.8 Å². The number of piperidine rings is 1. The molecule has 2 aromatic heterocycles. The molecule has 0 unspecified atom stereocenters. The van der Waals surface area contributed by atoms with Crippen molar-refractivity contribution in [2.75, 3.05) is 24.5 Å². The molecule has 0 N–H and O–H groups in total. The van der Waals surface area contributed by atoms with Crippen molar-refractivity contribution in [1.29, 1.82) is 0 Å². The van der Waals surface area contributed by atoms with E-state index in [4.69, 9.17) is 0 Å². The Balaban J connectivity index is 1.36. The molecule has 178 valence electrons. The molecule has 1 amide bonds. The normalized spacial score (nSPS) is 16.6. The second-order valence-electron chi connectivity index (χ2n) is 8.68. The lowest BCUT2D eigenvalue weighted by Gasteiger charge is -2.26. The molecular formula is C24H26N4O4S2. The fraction of sp³-hybridized carbons (Fsp3) is 0.375. The fourth-order valence-electron chi connectivity index (χ4n) is 4.53. The van der Waals surface area contributed by atoms with Gasteiger partial charge in [0.25, 0.3) is 5.56 Å². The monoisotopic (exact) mass is 498 g/mol. The summed E-state index contributed by atoms with van der Waals surface area (Å²) in [4.78, 5) is 29.5.